The molecule has 1 unspecified atom stereocenters. The number of nitrogens with one attached hydrogen (secondary N) is 1. The van der Waals surface area contributed by atoms with Crippen molar-refractivity contribution >= 4 is 29.2 Å². The smallest absolute Gasteiger partial charge is 0.305 e. The van der Waals surface area contributed by atoms with Gasteiger partial charge in [-0.05, 0) is 38.9 Å². The molecule has 0 fully saturated rings. The van der Waals surface area contributed by atoms with E-state index in [1.807, 2.05) is 6.92 Å². The third-order valence-electron chi connectivity index (χ3n) is 2.83. The van der Waals surface area contributed by atoms with Gasteiger partial charge in [-0.3, -0.25) is 4.79 Å². The second kappa shape index (κ2) is 8.45. The Hall–Kier alpha value is -0.840. The quantitative estimate of drug-likeness (QED) is 0.466. The summed E-state index contributed by atoms with van der Waals surface area (Å²) < 4.78 is 18.2. The fourth-order valence-electron chi connectivity index (χ4n) is 1.83. The Labute approximate surface area is 128 Å². The number of ether oxygens (including phenoxy) is 1. The number of rotatable bonds is 7. The van der Waals surface area contributed by atoms with E-state index in [0.29, 0.717) is 36.6 Å². The minimum Gasteiger partial charge on any atom is -0.466 e. The van der Waals surface area contributed by atoms with E-state index in [1.165, 1.54) is 12.1 Å². The van der Waals surface area contributed by atoms with Crippen LogP contribution in [0.5, 0.6) is 0 Å². The van der Waals surface area contributed by atoms with Gasteiger partial charge in [-0.15, -0.1) is 0 Å². The van der Waals surface area contributed by atoms with E-state index < -0.39 is 5.82 Å². The number of esters is 1. The molecule has 1 rings (SSSR count). The van der Waals surface area contributed by atoms with Crippen LogP contribution in [0.4, 0.5) is 4.39 Å². The van der Waals surface area contributed by atoms with Gasteiger partial charge in [0.15, 0.2) is 0 Å². The molecule has 1 aromatic carbocycles. The van der Waals surface area contributed by atoms with Crippen LogP contribution in [0.3, 0.4) is 0 Å². The first-order valence-electron chi connectivity index (χ1n) is 6.49. The number of hydrogen-bond donors (Lipinski definition) is 1. The monoisotopic (exact) mass is 321 g/mol. The highest BCUT2D eigenvalue weighted by molar-refractivity contribution is 6.36. The van der Waals surface area contributed by atoms with E-state index in [0.717, 1.165) is 0 Å². The first kappa shape index (κ1) is 17.2. The summed E-state index contributed by atoms with van der Waals surface area (Å²) in [6, 6.07) is 2.52. The number of hydrogen-bond acceptors (Lipinski definition) is 3. The van der Waals surface area contributed by atoms with Crippen LogP contribution >= 0.6 is 23.2 Å². The van der Waals surface area contributed by atoms with Gasteiger partial charge < -0.3 is 10.1 Å². The lowest BCUT2D eigenvalue weighted by Crippen LogP contribution is -2.21. The molecule has 6 heteroatoms. The molecule has 1 atom stereocenters. The topological polar surface area (TPSA) is 38.3 Å². The summed E-state index contributed by atoms with van der Waals surface area (Å²) in [4.78, 5) is 11.2. The van der Waals surface area contributed by atoms with Crippen LogP contribution in [-0.2, 0) is 9.53 Å². The molecular weight excluding hydrogens is 304 g/mol. The van der Waals surface area contributed by atoms with Crippen molar-refractivity contribution in [3.8, 4) is 0 Å². The second-order valence-corrected chi connectivity index (χ2v) is 5.13. The first-order chi connectivity index (χ1) is 9.47. The summed E-state index contributed by atoms with van der Waals surface area (Å²) in [6.45, 7) is 4.59. The zero-order chi connectivity index (χ0) is 15.1. The Kier molecular flexibility index (Phi) is 7.27. The molecule has 0 aromatic heterocycles. The third kappa shape index (κ3) is 4.93. The Morgan fingerprint density at radius 2 is 2.15 bits per heavy atom. The predicted octanol–water partition coefficient (Wildman–Crippen LogP) is 4.13. The predicted molar refractivity (Wildman–Crippen MR) is 78.7 cm³/mol. The zero-order valence-corrected chi connectivity index (χ0v) is 13.0. The van der Waals surface area contributed by atoms with Crippen LogP contribution in [0.2, 0.25) is 10.0 Å². The minimum absolute atomic E-state index is 0.0305. The van der Waals surface area contributed by atoms with Crippen molar-refractivity contribution in [2.24, 2.45) is 0 Å². The van der Waals surface area contributed by atoms with Gasteiger partial charge in [-0.1, -0.05) is 23.2 Å². The average Bonchev–Trinajstić information content (AvgIpc) is 2.40. The van der Waals surface area contributed by atoms with E-state index in [1.54, 1.807) is 6.92 Å². The summed E-state index contributed by atoms with van der Waals surface area (Å²) in [6.07, 6.45) is 0.978. The van der Waals surface area contributed by atoms with Crippen molar-refractivity contribution in [2.45, 2.75) is 32.7 Å². The van der Waals surface area contributed by atoms with Crippen LogP contribution in [0.1, 0.15) is 38.3 Å². The van der Waals surface area contributed by atoms with E-state index in [2.05, 4.69) is 5.32 Å². The molecule has 0 bridgehead atoms. The highest BCUT2D eigenvalue weighted by Gasteiger charge is 2.16. The Morgan fingerprint density at radius 3 is 2.80 bits per heavy atom. The van der Waals surface area contributed by atoms with Gasteiger partial charge >= 0.3 is 5.97 Å². The molecule has 1 aromatic rings. The number of halogens is 3. The van der Waals surface area contributed by atoms with Gasteiger partial charge in [0, 0.05) is 23.0 Å². The molecule has 3 nitrogen and oxygen atoms in total. The molecule has 0 saturated carbocycles. The van der Waals surface area contributed by atoms with Gasteiger partial charge in [-0.25, -0.2) is 4.39 Å². The molecule has 0 radical (unpaired) electrons. The van der Waals surface area contributed by atoms with Gasteiger partial charge in [-0.2, -0.15) is 0 Å². The molecule has 112 valence electrons. The number of carbonyl (C=O) groups excluding carboxylic acids is 1. The van der Waals surface area contributed by atoms with Crippen molar-refractivity contribution in [2.75, 3.05) is 13.2 Å². The largest absolute Gasteiger partial charge is 0.466 e. The molecular formula is C14H18Cl2FNO2. The lowest BCUT2D eigenvalue weighted by Gasteiger charge is -2.17. The van der Waals surface area contributed by atoms with Crippen LogP contribution in [0.15, 0.2) is 12.1 Å². The molecule has 1 N–H and O–H groups in total. The van der Waals surface area contributed by atoms with Gasteiger partial charge in [0.05, 0.1) is 11.6 Å². The minimum atomic E-state index is -0.494. The Morgan fingerprint density at radius 1 is 1.45 bits per heavy atom. The van der Waals surface area contributed by atoms with Gasteiger partial charge in [0.2, 0.25) is 0 Å². The SMILES string of the molecule is CCOC(=O)CCCNC(C)c1c(Cl)ccc(F)c1Cl. The summed E-state index contributed by atoms with van der Waals surface area (Å²) in [7, 11) is 0. The highest BCUT2D eigenvalue weighted by atomic mass is 35.5. The Balaban J connectivity index is 2.50. The third-order valence-corrected chi connectivity index (χ3v) is 3.54. The summed E-state index contributed by atoms with van der Waals surface area (Å²) in [5, 5.41) is 3.61. The van der Waals surface area contributed by atoms with Gasteiger partial charge in [0.1, 0.15) is 5.82 Å². The molecule has 0 spiro atoms. The van der Waals surface area contributed by atoms with Crippen LogP contribution in [0.25, 0.3) is 0 Å². The standard InChI is InChI=1S/C14H18Cl2FNO2/c1-3-20-12(19)5-4-8-18-9(2)13-10(15)6-7-11(17)14(13)16/h6-7,9,18H,3-5,8H2,1-2H3. The lowest BCUT2D eigenvalue weighted by molar-refractivity contribution is -0.143. The summed E-state index contributed by atoms with van der Waals surface area (Å²) >= 11 is 12.0. The lowest BCUT2D eigenvalue weighted by atomic mass is 10.1. The maximum atomic E-state index is 13.4. The zero-order valence-electron chi connectivity index (χ0n) is 11.5. The van der Waals surface area contributed by atoms with Crippen molar-refractivity contribution in [3.63, 3.8) is 0 Å². The molecule has 0 aliphatic heterocycles. The average molecular weight is 322 g/mol. The van der Waals surface area contributed by atoms with E-state index >= 15 is 0 Å². The second-order valence-electron chi connectivity index (χ2n) is 4.34. The van der Waals surface area contributed by atoms with Crippen molar-refractivity contribution in [1.82, 2.24) is 5.32 Å². The molecule has 20 heavy (non-hydrogen) atoms. The van der Waals surface area contributed by atoms with Crippen molar-refractivity contribution < 1.29 is 13.9 Å². The maximum Gasteiger partial charge on any atom is 0.305 e. The summed E-state index contributed by atoms with van der Waals surface area (Å²) in [5.41, 5.74) is 0.532. The highest BCUT2D eigenvalue weighted by Crippen LogP contribution is 2.32. The van der Waals surface area contributed by atoms with E-state index in [-0.39, 0.29) is 17.0 Å². The fourth-order valence-corrected chi connectivity index (χ4v) is 2.52. The van der Waals surface area contributed by atoms with Crippen LogP contribution < -0.4 is 5.32 Å². The number of benzene rings is 1. The maximum absolute atomic E-state index is 13.4. The van der Waals surface area contributed by atoms with Crippen LogP contribution in [0, 0.1) is 5.82 Å². The molecule has 0 heterocycles. The van der Waals surface area contributed by atoms with Crippen LogP contribution in [-0.4, -0.2) is 19.1 Å². The number of carbonyl (C=O) groups is 1. The van der Waals surface area contributed by atoms with Crippen molar-refractivity contribution in [3.05, 3.63) is 33.6 Å². The molecule has 0 aliphatic rings. The normalized spacial score (nSPS) is 12.2. The Bertz CT molecular complexity index is 469. The molecule has 0 aliphatic carbocycles. The summed E-state index contributed by atoms with van der Waals surface area (Å²) in [5.74, 6) is -0.713. The van der Waals surface area contributed by atoms with Crippen molar-refractivity contribution in [1.29, 1.82) is 0 Å². The fraction of sp³-hybridized carbons (Fsp3) is 0.500. The molecule has 0 saturated heterocycles. The van der Waals surface area contributed by atoms with Gasteiger partial charge in [0.25, 0.3) is 0 Å². The van der Waals surface area contributed by atoms with E-state index in [4.69, 9.17) is 27.9 Å². The first-order valence-corrected chi connectivity index (χ1v) is 7.25. The van der Waals surface area contributed by atoms with E-state index in [9.17, 15) is 9.18 Å². The molecule has 0 amide bonds.